The van der Waals surface area contributed by atoms with Crippen molar-refractivity contribution < 1.29 is 19.3 Å². The van der Waals surface area contributed by atoms with Crippen LogP contribution in [-0.2, 0) is 6.61 Å². The molecule has 0 radical (unpaired) electrons. The van der Waals surface area contributed by atoms with Crippen LogP contribution in [0.1, 0.15) is 18.2 Å². The maximum Gasteiger partial charge on any atom is 0.311 e. The minimum absolute atomic E-state index is 0.145. The van der Waals surface area contributed by atoms with Crippen LogP contribution in [0.3, 0.4) is 0 Å². The molecular formula is C13H14N2O5. The lowest BCUT2D eigenvalue weighted by molar-refractivity contribution is -0.385. The molecule has 7 nitrogen and oxygen atoms in total. The molecule has 1 N–H and O–H groups in total. The molecule has 2 aromatic rings. The number of benzene rings is 1. The van der Waals surface area contributed by atoms with Crippen molar-refractivity contribution in [3.8, 4) is 17.0 Å². The first-order valence-electron chi connectivity index (χ1n) is 6.06. The Labute approximate surface area is 114 Å². The molecule has 106 valence electrons. The molecular weight excluding hydrogens is 264 g/mol. The highest BCUT2D eigenvalue weighted by molar-refractivity contribution is 5.68. The van der Waals surface area contributed by atoms with E-state index in [1.54, 1.807) is 19.9 Å². The summed E-state index contributed by atoms with van der Waals surface area (Å²) in [7, 11) is 0. The molecule has 1 heterocycles. The molecule has 0 spiro atoms. The van der Waals surface area contributed by atoms with Crippen LogP contribution in [0.4, 0.5) is 5.69 Å². The number of aromatic nitrogens is 1. The lowest BCUT2D eigenvalue weighted by atomic mass is 10.1. The molecule has 0 amide bonds. The van der Waals surface area contributed by atoms with Gasteiger partial charge in [-0.3, -0.25) is 10.1 Å². The molecule has 2 rings (SSSR count). The summed E-state index contributed by atoms with van der Waals surface area (Å²) in [5.41, 5.74) is 1.27. The van der Waals surface area contributed by atoms with Crippen LogP contribution in [-0.4, -0.2) is 21.8 Å². The van der Waals surface area contributed by atoms with E-state index >= 15 is 0 Å². The fraction of sp³-hybridized carbons (Fsp3) is 0.308. The number of hydrogen-bond acceptors (Lipinski definition) is 6. The Kier molecular flexibility index (Phi) is 3.99. The Morgan fingerprint density at radius 3 is 2.85 bits per heavy atom. The number of hydrogen-bond donors (Lipinski definition) is 1. The van der Waals surface area contributed by atoms with Crippen molar-refractivity contribution in [3.63, 3.8) is 0 Å². The number of aliphatic hydroxyl groups is 1. The van der Waals surface area contributed by atoms with Crippen LogP contribution < -0.4 is 4.74 Å². The van der Waals surface area contributed by atoms with E-state index in [1.807, 2.05) is 0 Å². The van der Waals surface area contributed by atoms with Gasteiger partial charge in [0.05, 0.1) is 18.1 Å². The van der Waals surface area contributed by atoms with Gasteiger partial charge in [0.2, 0.25) is 0 Å². The zero-order valence-electron chi connectivity index (χ0n) is 11.1. The molecule has 1 aromatic carbocycles. The largest absolute Gasteiger partial charge is 0.487 e. The molecule has 0 unspecified atom stereocenters. The number of aryl methyl sites for hydroxylation is 1. The van der Waals surface area contributed by atoms with Crippen LogP contribution in [0, 0.1) is 17.0 Å². The summed E-state index contributed by atoms with van der Waals surface area (Å²) in [6.07, 6.45) is 0. The number of aliphatic hydroxyl groups excluding tert-OH is 1. The van der Waals surface area contributed by atoms with E-state index in [2.05, 4.69) is 5.16 Å². The fourth-order valence-corrected chi connectivity index (χ4v) is 1.89. The first kappa shape index (κ1) is 14.0. The van der Waals surface area contributed by atoms with E-state index < -0.39 is 4.92 Å². The van der Waals surface area contributed by atoms with Gasteiger partial charge in [-0.2, -0.15) is 0 Å². The minimum atomic E-state index is -0.514. The lowest BCUT2D eigenvalue weighted by Gasteiger charge is -2.05. The van der Waals surface area contributed by atoms with Gasteiger partial charge >= 0.3 is 5.69 Å². The highest BCUT2D eigenvalue weighted by Gasteiger charge is 2.20. The molecule has 0 bridgehead atoms. The standard InChI is InChI=1S/C13H14N2O5/c1-3-19-12-5-4-9(6-11(12)15(17)18)13-10(7-16)8(2)20-14-13/h4-6,16H,3,7H2,1-2H3. The van der Waals surface area contributed by atoms with Crippen molar-refractivity contribution in [3.05, 3.63) is 39.6 Å². The fourth-order valence-electron chi connectivity index (χ4n) is 1.89. The Balaban J connectivity index is 2.53. The molecule has 0 aliphatic carbocycles. The second-order valence-corrected chi connectivity index (χ2v) is 4.10. The second-order valence-electron chi connectivity index (χ2n) is 4.10. The third-order valence-electron chi connectivity index (χ3n) is 2.87. The summed E-state index contributed by atoms with van der Waals surface area (Å²) in [4.78, 5) is 10.6. The maximum atomic E-state index is 11.1. The third kappa shape index (κ3) is 2.48. The number of nitrogens with zero attached hydrogens (tertiary/aromatic N) is 2. The maximum absolute atomic E-state index is 11.1. The average Bonchev–Trinajstić information content (AvgIpc) is 2.80. The van der Waals surface area contributed by atoms with Gasteiger partial charge in [-0.25, -0.2) is 0 Å². The second kappa shape index (κ2) is 5.70. The number of rotatable bonds is 5. The average molecular weight is 278 g/mol. The van der Waals surface area contributed by atoms with Crippen molar-refractivity contribution in [2.75, 3.05) is 6.61 Å². The Bertz CT molecular complexity index is 636. The molecule has 7 heteroatoms. The van der Waals surface area contributed by atoms with E-state index in [4.69, 9.17) is 9.26 Å². The van der Waals surface area contributed by atoms with E-state index in [0.29, 0.717) is 29.2 Å². The first-order valence-corrected chi connectivity index (χ1v) is 6.06. The van der Waals surface area contributed by atoms with Gasteiger partial charge in [0.15, 0.2) is 5.75 Å². The summed E-state index contributed by atoms with van der Waals surface area (Å²) in [5, 5.41) is 24.2. The van der Waals surface area contributed by atoms with Crippen LogP contribution in [0.2, 0.25) is 0 Å². The SMILES string of the molecule is CCOc1ccc(-c2noc(C)c2CO)cc1[N+](=O)[O-]. The highest BCUT2D eigenvalue weighted by atomic mass is 16.6. The van der Waals surface area contributed by atoms with Crippen LogP contribution >= 0.6 is 0 Å². The van der Waals surface area contributed by atoms with Crippen molar-refractivity contribution in [1.29, 1.82) is 0 Å². The van der Waals surface area contributed by atoms with Gasteiger partial charge in [0, 0.05) is 17.2 Å². The van der Waals surface area contributed by atoms with E-state index in [0.717, 1.165) is 0 Å². The van der Waals surface area contributed by atoms with Crippen LogP contribution in [0.5, 0.6) is 5.75 Å². The van der Waals surface area contributed by atoms with Gasteiger partial charge in [-0.1, -0.05) is 5.16 Å². The number of nitro benzene ring substituents is 1. The van der Waals surface area contributed by atoms with Gasteiger partial charge in [-0.15, -0.1) is 0 Å². The van der Waals surface area contributed by atoms with Crippen LogP contribution in [0.15, 0.2) is 22.7 Å². The van der Waals surface area contributed by atoms with E-state index in [-0.39, 0.29) is 18.0 Å². The monoisotopic (exact) mass is 278 g/mol. The Morgan fingerprint density at radius 1 is 1.50 bits per heavy atom. The summed E-state index contributed by atoms with van der Waals surface area (Å²) in [5.74, 6) is 0.686. The molecule has 1 aromatic heterocycles. The first-order chi connectivity index (χ1) is 9.58. The summed E-state index contributed by atoms with van der Waals surface area (Å²) in [6.45, 7) is 3.52. The molecule has 0 saturated carbocycles. The Hall–Kier alpha value is -2.41. The third-order valence-corrected chi connectivity index (χ3v) is 2.87. The van der Waals surface area contributed by atoms with Gasteiger partial charge in [-0.05, 0) is 26.0 Å². The normalized spacial score (nSPS) is 10.6. The quantitative estimate of drug-likeness (QED) is 0.666. The molecule has 0 aliphatic heterocycles. The predicted octanol–water partition coefficient (Wildman–Crippen LogP) is 2.45. The van der Waals surface area contributed by atoms with E-state index in [9.17, 15) is 15.2 Å². The molecule has 0 fully saturated rings. The zero-order chi connectivity index (χ0) is 14.7. The summed E-state index contributed by atoms with van der Waals surface area (Å²) < 4.78 is 10.2. The smallest absolute Gasteiger partial charge is 0.311 e. The number of ether oxygens (including phenoxy) is 1. The van der Waals surface area contributed by atoms with E-state index in [1.165, 1.54) is 12.1 Å². The molecule has 0 saturated heterocycles. The molecule has 0 aliphatic rings. The van der Waals surface area contributed by atoms with Crippen molar-refractivity contribution >= 4 is 5.69 Å². The topological polar surface area (TPSA) is 98.6 Å². The van der Waals surface area contributed by atoms with Gasteiger partial charge in [0.25, 0.3) is 0 Å². The van der Waals surface area contributed by atoms with Crippen molar-refractivity contribution in [2.24, 2.45) is 0 Å². The molecule has 0 atom stereocenters. The zero-order valence-corrected chi connectivity index (χ0v) is 11.1. The van der Waals surface area contributed by atoms with Gasteiger partial charge in [0.1, 0.15) is 11.5 Å². The number of nitro groups is 1. The summed E-state index contributed by atoms with van der Waals surface area (Å²) in [6, 6.07) is 4.53. The summed E-state index contributed by atoms with van der Waals surface area (Å²) >= 11 is 0. The van der Waals surface area contributed by atoms with Gasteiger partial charge < -0.3 is 14.4 Å². The highest BCUT2D eigenvalue weighted by Crippen LogP contribution is 2.33. The van der Waals surface area contributed by atoms with Crippen molar-refractivity contribution in [1.82, 2.24) is 5.16 Å². The predicted molar refractivity (Wildman–Crippen MR) is 70.4 cm³/mol. The lowest BCUT2D eigenvalue weighted by Crippen LogP contribution is -1.98. The molecule has 20 heavy (non-hydrogen) atoms. The minimum Gasteiger partial charge on any atom is -0.487 e. The van der Waals surface area contributed by atoms with Crippen molar-refractivity contribution in [2.45, 2.75) is 20.5 Å². The van der Waals surface area contributed by atoms with Crippen LogP contribution in [0.25, 0.3) is 11.3 Å². The Morgan fingerprint density at radius 2 is 2.25 bits per heavy atom.